The molecule has 1 aliphatic heterocycles. The highest BCUT2D eigenvalue weighted by Gasteiger charge is 2.39. The van der Waals surface area contributed by atoms with Gasteiger partial charge in [-0.25, -0.2) is 0 Å². The van der Waals surface area contributed by atoms with Crippen LogP contribution in [0.3, 0.4) is 0 Å². The number of ether oxygens (including phenoxy) is 2. The van der Waals surface area contributed by atoms with Crippen LogP contribution in [-0.4, -0.2) is 24.9 Å². The summed E-state index contributed by atoms with van der Waals surface area (Å²) in [5, 5.41) is 8.86. The SMILES string of the molecule is OCCCC1(c2ccc(Cl)s2)OCCO1. The summed E-state index contributed by atoms with van der Waals surface area (Å²) in [6, 6.07) is 3.77. The molecule has 2 rings (SSSR count). The second-order valence-electron chi connectivity index (χ2n) is 3.38. The van der Waals surface area contributed by atoms with Gasteiger partial charge < -0.3 is 14.6 Å². The van der Waals surface area contributed by atoms with Crippen LogP contribution in [0.1, 0.15) is 17.7 Å². The first-order valence-corrected chi connectivity index (χ1v) is 6.11. The molecule has 1 fully saturated rings. The molecule has 0 amide bonds. The van der Waals surface area contributed by atoms with Gasteiger partial charge in [0.25, 0.3) is 0 Å². The summed E-state index contributed by atoms with van der Waals surface area (Å²) in [5.74, 6) is -0.666. The molecule has 15 heavy (non-hydrogen) atoms. The Labute approximate surface area is 97.6 Å². The lowest BCUT2D eigenvalue weighted by Gasteiger charge is -2.25. The van der Waals surface area contributed by atoms with Gasteiger partial charge >= 0.3 is 0 Å². The lowest BCUT2D eigenvalue weighted by Crippen LogP contribution is -2.26. The number of thiophene rings is 1. The van der Waals surface area contributed by atoms with Crippen molar-refractivity contribution >= 4 is 22.9 Å². The van der Waals surface area contributed by atoms with Crippen molar-refractivity contribution in [3.05, 3.63) is 21.3 Å². The van der Waals surface area contributed by atoms with Crippen molar-refractivity contribution in [3.8, 4) is 0 Å². The first-order chi connectivity index (χ1) is 7.27. The van der Waals surface area contributed by atoms with Crippen LogP contribution < -0.4 is 0 Å². The molecule has 3 nitrogen and oxygen atoms in total. The fraction of sp³-hybridized carbons (Fsp3) is 0.600. The van der Waals surface area contributed by atoms with Gasteiger partial charge in [-0.1, -0.05) is 11.6 Å². The fourth-order valence-electron chi connectivity index (χ4n) is 1.70. The van der Waals surface area contributed by atoms with Crippen molar-refractivity contribution < 1.29 is 14.6 Å². The number of hydrogen-bond donors (Lipinski definition) is 1. The van der Waals surface area contributed by atoms with Crippen molar-refractivity contribution in [2.75, 3.05) is 19.8 Å². The maximum absolute atomic E-state index is 8.86. The molecule has 1 N–H and O–H groups in total. The number of hydrogen-bond acceptors (Lipinski definition) is 4. The van der Waals surface area contributed by atoms with Crippen molar-refractivity contribution in [2.45, 2.75) is 18.6 Å². The minimum absolute atomic E-state index is 0.146. The van der Waals surface area contributed by atoms with Gasteiger partial charge in [0.1, 0.15) is 0 Å². The maximum atomic E-state index is 8.86. The molecule has 0 aliphatic carbocycles. The summed E-state index contributed by atoms with van der Waals surface area (Å²) in [7, 11) is 0. The number of rotatable bonds is 4. The molecular formula is C10H13ClO3S. The van der Waals surface area contributed by atoms with Crippen molar-refractivity contribution in [2.24, 2.45) is 0 Å². The number of halogens is 1. The van der Waals surface area contributed by atoms with Crippen LogP contribution >= 0.6 is 22.9 Å². The van der Waals surface area contributed by atoms with Gasteiger partial charge in [0.15, 0.2) is 0 Å². The molecule has 1 aromatic heterocycles. The zero-order valence-corrected chi connectivity index (χ0v) is 9.81. The van der Waals surface area contributed by atoms with Crippen LogP contribution in [0.25, 0.3) is 0 Å². The Morgan fingerprint density at radius 3 is 2.67 bits per heavy atom. The van der Waals surface area contributed by atoms with Gasteiger partial charge in [-0.05, 0) is 18.6 Å². The van der Waals surface area contributed by atoms with Gasteiger partial charge in [-0.15, -0.1) is 11.3 Å². The summed E-state index contributed by atoms with van der Waals surface area (Å²) in [5.41, 5.74) is 0. The van der Waals surface area contributed by atoms with Crippen LogP contribution in [0.2, 0.25) is 4.34 Å². The van der Waals surface area contributed by atoms with Crippen molar-refractivity contribution in [1.82, 2.24) is 0 Å². The second kappa shape index (κ2) is 4.80. The second-order valence-corrected chi connectivity index (χ2v) is 5.10. The topological polar surface area (TPSA) is 38.7 Å². The molecule has 0 spiro atoms. The number of aliphatic hydroxyl groups is 1. The summed E-state index contributed by atoms with van der Waals surface area (Å²) in [6.07, 6.45) is 1.33. The maximum Gasteiger partial charge on any atom is 0.204 e. The first kappa shape index (κ1) is 11.4. The van der Waals surface area contributed by atoms with Crippen LogP contribution in [0.15, 0.2) is 12.1 Å². The zero-order valence-electron chi connectivity index (χ0n) is 8.24. The molecule has 0 radical (unpaired) electrons. The number of aliphatic hydroxyl groups excluding tert-OH is 1. The molecule has 5 heteroatoms. The fourth-order valence-corrected chi connectivity index (χ4v) is 2.87. The van der Waals surface area contributed by atoms with Crippen molar-refractivity contribution in [1.29, 1.82) is 0 Å². The predicted molar refractivity (Wildman–Crippen MR) is 59.2 cm³/mol. The predicted octanol–water partition coefficient (Wildman–Crippen LogP) is 2.37. The van der Waals surface area contributed by atoms with E-state index in [1.165, 1.54) is 11.3 Å². The molecule has 0 saturated carbocycles. The van der Waals surface area contributed by atoms with E-state index in [2.05, 4.69) is 0 Å². The van der Waals surface area contributed by atoms with Gasteiger partial charge in [0.05, 0.1) is 22.4 Å². The largest absolute Gasteiger partial charge is 0.396 e. The Morgan fingerprint density at radius 1 is 1.40 bits per heavy atom. The lowest BCUT2D eigenvalue weighted by molar-refractivity contribution is -0.170. The van der Waals surface area contributed by atoms with Crippen LogP contribution in [0, 0.1) is 0 Å². The van der Waals surface area contributed by atoms with E-state index in [-0.39, 0.29) is 6.61 Å². The molecule has 1 aliphatic rings. The van der Waals surface area contributed by atoms with Crippen LogP contribution in [0.5, 0.6) is 0 Å². The molecule has 2 heterocycles. The highest BCUT2D eigenvalue weighted by molar-refractivity contribution is 7.16. The molecule has 84 valence electrons. The molecule has 0 atom stereocenters. The summed E-state index contributed by atoms with van der Waals surface area (Å²) < 4.78 is 12.1. The zero-order chi connectivity index (χ0) is 10.7. The average molecular weight is 249 g/mol. The van der Waals surface area contributed by atoms with Crippen LogP contribution in [0.4, 0.5) is 0 Å². The highest BCUT2D eigenvalue weighted by Crippen LogP contribution is 2.40. The van der Waals surface area contributed by atoms with E-state index >= 15 is 0 Å². The minimum atomic E-state index is -0.666. The van der Waals surface area contributed by atoms with Gasteiger partial charge in [0.2, 0.25) is 5.79 Å². The molecule has 0 unspecified atom stereocenters. The molecule has 1 saturated heterocycles. The van der Waals surface area contributed by atoms with E-state index in [1.807, 2.05) is 12.1 Å². The smallest absolute Gasteiger partial charge is 0.204 e. The van der Waals surface area contributed by atoms with Gasteiger partial charge in [-0.2, -0.15) is 0 Å². The summed E-state index contributed by atoms with van der Waals surface area (Å²) in [4.78, 5) is 0.985. The average Bonchev–Trinajstić information content (AvgIpc) is 2.84. The van der Waals surface area contributed by atoms with E-state index in [0.29, 0.717) is 26.1 Å². The molecule has 1 aromatic rings. The van der Waals surface area contributed by atoms with E-state index in [1.54, 1.807) is 0 Å². The monoisotopic (exact) mass is 248 g/mol. The highest BCUT2D eigenvalue weighted by atomic mass is 35.5. The first-order valence-electron chi connectivity index (χ1n) is 4.91. The minimum Gasteiger partial charge on any atom is -0.396 e. The van der Waals surface area contributed by atoms with E-state index in [9.17, 15) is 0 Å². The van der Waals surface area contributed by atoms with E-state index in [0.717, 1.165) is 9.21 Å². The normalized spacial score (nSPS) is 19.6. The quantitative estimate of drug-likeness (QED) is 0.889. The Kier molecular flexibility index (Phi) is 3.64. The Morgan fingerprint density at radius 2 is 2.13 bits per heavy atom. The Bertz CT molecular complexity index is 320. The van der Waals surface area contributed by atoms with Crippen LogP contribution in [-0.2, 0) is 15.3 Å². The van der Waals surface area contributed by atoms with E-state index < -0.39 is 5.79 Å². The van der Waals surface area contributed by atoms with Crippen molar-refractivity contribution in [3.63, 3.8) is 0 Å². The third-order valence-corrected chi connectivity index (χ3v) is 3.72. The summed E-state index contributed by atoms with van der Waals surface area (Å²) in [6.45, 7) is 1.34. The Balaban J connectivity index is 2.18. The van der Waals surface area contributed by atoms with Gasteiger partial charge in [-0.3, -0.25) is 0 Å². The molecule has 0 bridgehead atoms. The third-order valence-electron chi connectivity index (χ3n) is 2.37. The Hall–Kier alpha value is -0.130. The molecular weight excluding hydrogens is 236 g/mol. The standard InChI is InChI=1S/C10H13ClO3S/c11-9-3-2-8(15-9)10(4-1-5-12)13-6-7-14-10/h2-3,12H,1,4-7H2. The third kappa shape index (κ3) is 2.34. The van der Waals surface area contributed by atoms with Gasteiger partial charge in [0, 0.05) is 13.0 Å². The summed E-state index contributed by atoms with van der Waals surface area (Å²) >= 11 is 7.36. The van der Waals surface area contributed by atoms with E-state index in [4.69, 9.17) is 26.2 Å². The lowest BCUT2D eigenvalue weighted by atomic mass is 10.1. The molecule has 0 aromatic carbocycles.